The molecule has 0 saturated carbocycles. The Balaban J connectivity index is 1.76. The lowest BCUT2D eigenvalue weighted by Gasteiger charge is -2.32. The molecule has 1 unspecified atom stereocenters. The molecule has 3 rings (SSSR count). The number of anilines is 1. The Kier molecular flexibility index (Phi) is 4.33. The zero-order chi connectivity index (χ0) is 14.8. The highest BCUT2D eigenvalue weighted by atomic mass is 35.5. The molecule has 2 fully saturated rings. The first-order valence-electron chi connectivity index (χ1n) is 7.25. The third-order valence-corrected chi connectivity index (χ3v) is 4.49. The van der Waals surface area contributed by atoms with Gasteiger partial charge in [-0.05, 0) is 24.6 Å². The van der Waals surface area contributed by atoms with Crippen LogP contribution in [0, 0.1) is 0 Å². The van der Waals surface area contributed by atoms with Gasteiger partial charge < -0.3 is 14.7 Å². The molecule has 2 aliphatic heterocycles. The van der Waals surface area contributed by atoms with Crippen molar-refractivity contribution in [2.75, 3.05) is 44.3 Å². The lowest BCUT2D eigenvalue weighted by atomic mass is 10.1. The van der Waals surface area contributed by atoms with Crippen molar-refractivity contribution in [3.05, 3.63) is 28.8 Å². The van der Waals surface area contributed by atoms with Gasteiger partial charge in [0.1, 0.15) is 0 Å². The van der Waals surface area contributed by atoms with Crippen LogP contribution in [0.25, 0.3) is 0 Å². The summed E-state index contributed by atoms with van der Waals surface area (Å²) in [6, 6.07) is 5.44. The fourth-order valence-electron chi connectivity index (χ4n) is 3.15. The lowest BCUT2D eigenvalue weighted by Crippen LogP contribution is -2.44. The van der Waals surface area contributed by atoms with E-state index in [1.807, 2.05) is 0 Å². The van der Waals surface area contributed by atoms with Gasteiger partial charge in [0.2, 0.25) is 0 Å². The van der Waals surface area contributed by atoms with Gasteiger partial charge in [0.25, 0.3) is 0 Å². The van der Waals surface area contributed by atoms with Crippen LogP contribution in [0.3, 0.4) is 0 Å². The Morgan fingerprint density at radius 2 is 2.05 bits per heavy atom. The number of morpholine rings is 1. The van der Waals surface area contributed by atoms with Crippen molar-refractivity contribution in [1.82, 2.24) is 4.90 Å². The quantitative estimate of drug-likeness (QED) is 0.925. The largest absolute Gasteiger partial charge is 0.478 e. The summed E-state index contributed by atoms with van der Waals surface area (Å²) in [6.45, 7) is 5.20. The van der Waals surface area contributed by atoms with Crippen LogP contribution in [0.4, 0.5) is 5.69 Å². The van der Waals surface area contributed by atoms with Crippen molar-refractivity contribution < 1.29 is 14.6 Å². The van der Waals surface area contributed by atoms with Gasteiger partial charge in [-0.2, -0.15) is 0 Å². The number of ether oxygens (including phenoxy) is 1. The second kappa shape index (κ2) is 6.22. The summed E-state index contributed by atoms with van der Waals surface area (Å²) >= 11 is 6.04. The molecule has 2 heterocycles. The van der Waals surface area contributed by atoms with Crippen LogP contribution < -0.4 is 4.90 Å². The summed E-state index contributed by atoms with van der Waals surface area (Å²) in [4.78, 5) is 15.9. The topological polar surface area (TPSA) is 53.0 Å². The number of hydrogen-bond acceptors (Lipinski definition) is 4. The van der Waals surface area contributed by atoms with Crippen molar-refractivity contribution >= 4 is 23.3 Å². The van der Waals surface area contributed by atoms with E-state index < -0.39 is 5.97 Å². The molecule has 0 amide bonds. The van der Waals surface area contributed by atoms with E-state index in [1.54, 1.807) is 18.2 Å². The van der Waals surface area contributed by atoms with E-state index in [4.69, 9.17) is 16.3 Å². The van der Waals surface area contributed by atoms with Crippen molar-refractivity contribution in [1.29, 1.82) is 0 Å². The number of carbonyl (C=O) groups is 1. The summed E-state index contributed by atoms with van der Waals surface area (Å²) in [5.74, 6) is -0.906. The summed E-state index contributed by atoms with van der Waals surface area (Å²) in [6.07, 6.45) is 1.05. The average molecular weight is 311 g/mol. The van der Waals surface area contributed by atoms with E-state index in [2.05, 4.69) is 9.80 Å². The predicted octanol–water partition coefficient (Wildman–Crippen LogP) is 1.95. The molecule has 0 bridgehead atoms. The molecule has 0 spiro atoms. The molecule has 1 N–H and O–H groups in total. The van der Waals surface area contributed by atoms with E-state index in [9.17, 15) is 9.90 Å². The van der Waals surface area contributed by atoms with Crippen LogP contribution in [-0.4, -0.2) is 61.4 Å². The number of carboxylic acid groups (broad SMARTS) is 1. The Labute approximate surface area is 129 Å². The van der Waals surface area contributed by atoms with E-state index in [-0.39, 0.29) is 0 Å². The highest BCUT2D eigenvalue weighted by Crippen LogP contribution is 2.29. The summed E-state index contributed by atoms with van der Waals surface area (Å²) in [5.41, 5.74) is 1.05. The number of benzene rings is 1. The zero-order valence-corrected chi connectivity index (χ0v) is 12.6. The fraction of sp³-hybridized carbons (Fsp3) is 0.533. The molecule has 2 aliphatic rings. The second-order valence-electron chi connectivity index (χ2n) is 5.50. The number of hydrogen-bond donors (Lipinski definition) is 1. The fourth-order valence-corrected chi connectivity index (χ4v) is 3.31. The van der Waals surface area contributed by atoms with Gasteiger partial charge in [0.15, 0.2) is 0 Å². The Hall–Kier alpha value is -1.30. The van der Waals surface area contributed by atoms with Crippen LogP contribution in [0.2, 0.25) is 5.02 Å². The van der Waals surface area contributed by atoms with Crippen molar-refractivity contribution in [2.24, 2.45) is 0 Å². The molecule has 5 nitrogen and oxygen atoms in total. The third-order valence-electron chi connectivity index (χ3n) is 4.26. The molecule has 1 aromatic carbocycles. The normalized spacial score (nSPS) is 23.5. The number of carboxylic acids is 1. The monoisotopic (exact) mass is 310 g/mol. The lowest BCUT2D eigenvalue weighted by molar-refractivity contribution is 0.0209. The Bertz CT molecular complexity index is 532. The minimum atomic E-state index is -0.906. The summed E-state index contributed by atoms with van der Waals surface area (Å²) in [7, 11) is 0. The molecule has 0 aromatic heterocycles. The number of aromatic carboxylic acids is 1. The molecule has 0 aliphatic carbocycles. The first-order chi connectivity index (χ1) is 10.1. The smallest absolute Gasteiger partial charge is 0.337 e. The SMILES string of the molecule is O=C(O)c1ccc(Cl)cc1N1CCC(N2CCOCC2)C1. The van der Waals surface area contributed by atoms with Crippen LogP contribution in [0.5, 0.6) is 0 Å². The van der Waals surface area contributed by atoms with Gasteiger partial charge in [-0.15, -0.1) is 0 Å². The maximum atomic E-state index is 11.4. The molecular formula is C15H19ClN2O3. The molecule has 114 valence electrons. The van der Waals surface area contributed by atoms with E-state index in [0.29, 0.717) is 16.6 Å². The van der Waals surface area contributed by atoms with Crippen molar-refractivity contribution in [2.45, 2.75) is 12.5 Å². The summed E-state index contributed by atoms with van der Waals surface area (Å²) < 4.78 is 5.39. The molecule has 1 atom stereocenters. The molecule has 6 heteroatoms. The molecule has 2 saturated heterocycles. The first-order valence-corrected chi connectivity index (χ1v) is 7.62. The van der Waals surface area contributed by atoms with Gasteiger partial charge in [-0.3, -0.25) is 4.90 Å². The van der Waals surface area contributed by atoms with Crippen molar-refractivity contribution in [3.8, 4) is 0 Å². The van der Waals surface area contributed by atoms with E-state index >= 15 is 0 Å². The highest BCUT2D eigenvalue weighted by Gasteiger charge is 2.30. The average Bonchev–Trinajstić information content (AvgIpc) is 2.97. The van der Waals surface area contributed by atoms with Gasteiger partial charge >= 0.3 is 5.97 Å². The maximum Gasteiger partial charge on any atom is 0.337 e. The van der Waals surface area contributed by atoms with Gasteiger partial charge in [0, 0.05) is 37.2 Å². The number of halogens is 1. The minimum absolute atomic E-state index is 0.321. The molecule has 21 heavy (non-hydrogen) atoms. The van der Waals surface area contributed by atoms with Crippen molar-refractivity contribution in [3.63, 3.8) is 0 Å². The first kappa shape index (κ1) is 14.6. The van der Waals surface area contributed by atoms with Crippen LogP contribution in [0.15, 0.2) is 18.2 Å². The van der Waals surface area contributed by atoms with Gasteiger partial charge in [-0.1, -0.05) is 11.6 Å². The molecular weight excluding hydrogens is 292 g/mol. The van der Waals surface area contributed by atoms with Crippen LogP contribution in [0.1, 0.15) is 16.8 Å². The predicted molar refractivity (Wildman–Crippen MR) is 81.4 cm³/mol. The van der Waals surface area contributed by atoms with Gasteiger partial charge in [-0.25, -0.2) is 4.79 Å². The number of rotatable bonds is 3. The van der Waals surface area contributed by atoms with Gasteiger partial charge in [0.05, 0.1) is 24.5 Å². The molecule has 0 radical (unpaired) electrons. The maximum absolute atomic E-state index is 11.4. The molecule has 1 aromatic rings. The Morgan fingerprint density at radius 3 is 2.76 bits per heavy atom. The van der Waals surface area contributed by atoms with Crippen LogP contribution in [-0.2, 0) is 4.74 Å². The Morgan fingerprint density at radius 1 is 1.29 bits per heavy atom. The zero-order valence-electron chi connectivity index (χ0n) is 11.8. The van der Waals surface area contributed by atoms with Crippen LogP contribution >= 0.6 is 11.6 Å². The minimum Gasteiger partial charge on any atom is -0.478 e. The third kappa shape index (κ3) is 3.15. The standard InChI is InChI=1S/C15H19ClN2O3/c16-11-1-2-13(15(19)20)14(9-11)18-4-3-12(10-18)17-5-7-21-8-6-17/h1-2,9,12H,3-8,10H2,(H,19,20). The van der Waals surface area contributed by atoms with E-state index in [1.165, 1.54) is 0 Å². The second-order valence-corrected chi connectivity index (χ2v) is 5.94. The highest BCUT2D eigenvalue weighted by molar-refractivity contribution is 6.31. The van der Waals surface area contributed by atoms with E-state index in [0.717, 1.165) is 51.5 Å². The summed E-state index contributed by atoms with van der Waals surface area (Å²) in [5, 5.41) is 9.91. The number of nitrogens with zero attached hydrogens (tertiary/aromatic N) is 2.